The minimum Gasteiger partial charge on any atom is -0.497 e. The predicted molar refractivity (Wildman–Crippen MR) is 89.0 cm³/mol. The molecule has 118 valence electrons. The van der Waals surface area contributed by atoms with Crippen molar-refractivity contribution in [2.45, 2.75) is 39.2 Å². The highest BCUT2D eigenvalue weighted by atomic mass is 16.5. The van der Waals surface area contributed by atoms with Crippen molar-refractivity contribution in [3.63, 3.8) is 0 Å². The van der Waals surface area contributed by atoms with Crippen molar-refractivity contribution in [1.82, 2.24) is 10.2 Å². The van der Waals surface area contributed by atoms with Gasteiger partial charge in [0, 0.05) is 19.1 Å². The standard InChI is InChI=1S/C18H30N2O/c1-18(2,13-20(3)4)12-19-17-8-6-7-14-9-10-15(21-5)11-16(14)17/h9-11,17,19H,6-8,12-13H2,1-5H3. The van der Waals surface area contributed by atoms with E-state index in [1.807, 2.05) is 0 Å². The van der Waals surface area contributed by atoms with Crippen LogP contribution in [0.3, 0.4) is 0 Å². The van der Waals surface area contributed by atoms with Gasteiger partial charge in [0.05, 0.1) is 7.11 Å². The van der Waals surface area contributed by atoms with E-state index in [1.165, 1.54) is 30.4 Å². The molecule has 0 bridgehead atoms. The number of nitrogens with zero attached hydrogens (tertiary/aromatic N) is 1. The molecule has 1 N–H and O–H groups in total. The first-order valence-corrected chi connectivity index (χ1v) is 7.96. The number of rotatable bonds is 6. The second kappa shape index (κ2) is 6.80. The zero-order chi connectivity index (χ0) is 15.5. The molecule has 1 unspecified atom stereocenters. The van der Waals surface area contributed by atoms with E-state index in [2.05, 4.69) is 56.4 Å². The summed E-state index contributed by atoms with van der Waals surface area (Å²) >= 11 is 0. The van der Waals surface area contributed by atoms with Crippen LogP contribution in [0.2, 0.25) is 0 Å². The molecule has 0 fully saturated rings. The van der Waals surface area contributed by atoms with Gasteiger partial charge in [0.25, 0.3) is 0 Å². The Balaban J connectivity index is 2.06. The molecular weight excluding hydrogens is 260 g/mol. The quantitative estimate of drug-likeness (QED) is 0.870. The van der Waals surface area contributed by atoms with Crippen LogP contribution in [0.25, 0.3) is 0 Å². The van der Waals surface area contributed by atoms with Crippen molar-refractivity contribution in [3.05, 3.63) is 29.3 Å². The predicted octanol–water partition coefficient (Wildman–Crippen LogP) is 3.25. The molecule has 1 atom stereocenters. The highest BCUT2D eigenvalue weighted by Gasteiger charge is 2.24. The summed E-state index contributed by atoms with van der Waals surface area (Å²) in [5.74, 6) is 0.968. The van der Waals surface area contributed by atoms with Crippen molar-refractivity contribution >= 4 is 0 Å². The molecule has 21 heavy (non-hydrogen) atoms. The molecule has 1 aliphatic carbocycles. The number of benzene rings is 1. The van der Waals surface area contributed by atoms with Gasteiger partial charge in [-0.25, -0.2) is 0 Å². The first-order valence-electron chi connectivity index (χ1n) is 7.96. The minimum absolute atomic E-state index is 0.278. The van der Waals surface area contributed by atoms with Gasteiger partial charge >= 0.3 is 0 Å². The number of nitrogens with one attached hydrogen (secondary N) is 1. The van der Waals surface area contributed by atoms with Crippen molar-refractivity contribution in [1.29, 1.82) is 0 Å². The largest absolute Gasteiger partial charge is 0.497 e. The average molecular weight is 290 g/mol. The van der Waals surface area contributed by atoms with Crippen LogP contribution < -0.4 is 10.1 Å². The van der Waals surface area contributed by atoms with Gasteiger partial charge in [-0.3, -0.25) is 0 Å². The van der Waals surface area contributed by atoms with Gasteiger partial charge in [-0.15, -0.1) is 0 Å². The topological polar surface area (TPSA) is 24.5 Å². The normalized spacial score (nSPS) is 18.7. The lowest BCUT2D eigenvalue weighted by Gasteiger charge is -2.33. The summed E-state index contributed by atoms with van der Waals surface area (Å²) in [5, 5.41) is 3.79. The fourth-order valence-electron chi connectivity index (χ4n) is 3.43. The molecular formula is C18H30N2O. The third-order valence-corrected chi connectivity index (χ3v) is 4.24. The number of hydrogen-bond donors (Lipinski definition) is 1. The molecule has 0 radical (unpaired) electrons. The van der Waals surface area contributed by atoms with E-state index in [9.17, 15) is 0 Å². The molecule has 0 spiro atoms. The maximum Gasteiger partial charge on any atom is 0.119 e. The lowest BCUT2D eigenvalue weighted by molar-refractivity contribution is 0.222. The van der Waals surface area contributed by atoms with E-state index < -0.39 is 0 Å². The molecule has 1 aromatic carbocycles. The molecule has 3 nitrogen and oxygen atoms in total. The fraction of sp³-hybridized carbons (Fsp3) is 0.667. The summed E-state index contributed by atoms with van der Waals surface area (Å²) in [4.78, 5) is 2.26. The lowest BCUT2D eigenvalue weighted by Crippen LogP contribution is -2.39. The van der Waals surface area contributed by atoms with E-state index in [-0.39, 0.29) is 5.41 Å². The van der Waals surface area contributed by atoms with Crippen LogP contribution in [-0.2, 0) is 6.42 Å². The minimum atomic E-state index is 0.278. The molecule has 1 aliphatic rings. The van der Waals surface area contributed by atoms with Crippen LogP contribution in [0.4, 0.5) is 0 Å². The van der Waals surface area contributed by atoms with Crippen LogP contribution in [0.15, 0.2) is 18.2 Å². The Bertz CT molecular complexity index is 468. The smallest absolute Gasteiger partial charge is 0.119 e. The van der Waals surface area contributed by atoms with Crippen LogP contribution in [0.5, 0.6) is 5.75 Å². The van der Waals surface area contributed by atoms with E-state index in [4.69, 9.17) is 4.74 Å². The first kappa shape index (κ1) is 16.3. The molecule has 0 saturated heterocycles. The summed E-state index contributed by atoms with van der Waals surface area (Å²) in [6.45, 7) is 6.79. The third kappa shape index (κ3) is 4.45. The Labute approximate surface area is 129 Å². The SMILES string of the molecule is COc1ccc2c(c1)C(NCC(C)(C)CN(C)C)CCC2. The van der Waals surface area contributed by atoms with Gasteiger partial charge in [0.1, 0.15) is 5.75 Å². The summed E-state index contributed by atoms with van der Waals surface area (Å²) in [6, 6.07) is 6.99. The number of aryl methyl sites for hydroxylation is 1. The zero-order valence-electron chi connectivity index (χ0n) is 14.2. The van der Waals surface area contributed by atoms with Crippen LogP contribution in [0, 0.1) is 5.41 Å². The maximum absolute atomic E-state index is 5.39. The van der Waals surface area contributed by atoms with Crippen LogP contribution in [0.1, 0.15) is 43.9 Å². The number of fused-ring (bicyclic) bond motifs is 1. The first-order chi connectivity index (χ1) is 9.91. The molecule has 1 aromatic rings. The average Bonchev–Trinajstić information content (AvgIpc) is 2.43. The summed E-state index contributed by atoms with van der Waals surface area (Å²) in [7, 11) is 6.03. The van der Waals surface area contributed by atoms with Gasteiger partial charge in [-0.05, 0) is 62.0 Å². The Kier molecular flexibility index (Phi) is 5.28. The molecule has 0 heterocycles. The van der Waals surface area contributed by atoms with Crippen molar-refractivity contribution in [2.75, 3.05) is 34.3 Å². The van der Waals surface area contributed by atoms with Gasteiger partial charge < -0.3 is 15.0 Å². The van der Waals surface area contributed by atoms with E-state index in [0.29, 0.717) is 6.04 Å². The van der Waals surface area contributed by atoms with E-state index in [1.54, 1.807) is 7.11 Å². The van der Waals surface area contributed by atoms with Crippen LogP contribution in [-0.4, -0.2) is 39.2 Å². The Morgan fingerprint density at radius 1 is 1.33 bits per heavy atom. The zero-order valence-corrected chi connectivity index (χ0v) is 14.2. The monoisotopic (exact) mass is 290 g/mol. The van der Waals surface area contributed by atoms with Gasteiger partial charge in [-0.2, -0.15) is 0 Å². The summed E-state index contributed by atoms with van der Waals surface area (Å²) in [5.41, 5.74) is 3.19. The van der Waals surface area contributed by atoms with Crippen molar-refractivity contribution in [2.24, 2.45) is 5.41 Å². The van der Waals surface area contributed by atoms with Crippen LogP contribution >= 0.6 is 0 Å². The Hall–Kier alpha value is -1.06. The number of methoxy groups -OCH3 is 1. The highest BCUT2D eigenvalue weighted by Crippen LogP contribution is 2.33. The molecule has 0 amide bonds. The van der Waals surface area contributed by atoms with E-state index in [0.717, 1.165) is 18.8 Å². The molecule has 3 heteroatoms. The summed E-state index contributed by atoms with van der Waals surface area (Å²) < 4.78 is 5.39. The highest BCUT2D eigenvalue weighted by molar-refractivity contribution is 5.39. The maximum atomic E-state index is 5.39. The lowest BCUT2D eigenvalue weighted by atomic mass is 9.86. The second-order valence-corrected chi connectivity index (χ2v) is 7.29. The van der Waals surface area contributed by atoms with Gasteiger partial charge in [0.2, 0.25) is 0 Å². The van der Waals surface area contributed by atoms with Gasteiger partial charge in [-0.1, -0.05) is 19.9 Å². The third-order valence-electron chi connectivity index (χ3n) is 4.24. The van der Waals surface area contributed by atoms with Gasteiger partial charge in [0.15, 0.2) is 0 Å². The van der Waals surface area contributed by atoms with E-state index >= 15 is 0 Å². The number of hydrogen-bond acceptors (Lipinski definition) is 3. The summed E-state index contributed by atoms with van der Waals surface area (Å²) in [6.07, 6.45) is 3.68. The van der Waals surface area contributed by atoms with Crippen molar-refractivity contribution < 1.29 is 4.74 Å². The molecule has 0 saturated carbocycles. The molecule has 2 rings (SSSR count). The Morgan fingerprint density at radius 3 is 2.76 bits per heavy atom. The second-order valence-electron chi connectivity index (χ2n) is 7.29. The molecule has 0 aromatic heterocycles. The Morgan fingerprint density at radius 2 is 2.10 bits per heavy atom. The number of ether oxygens (including phenoxy) is 1. The fourth-order valence-corrected chi connectivity index (χ4v) is 3.43. The molecule has 0 aliphatic heterocycles. The van der Waals surface area contributed by atoms with Crippen molar-refractivity contribution in [3.8, 4) is 5.75 Å².